The lowest BCUT2D eigenvalue weighted by Gasteiger charge is -2.07. The van der Waals surface area contributed by atoms with Gasteiger partial charge in [-0.1, -0.05) is 39.1 Å². The van der Waals surface area contributed by atoms with E-state index in [2.05, 4.69) is 25.7 Å². The standard InChI is InChI=1S/C11H6BrCl2NO2/c1-17-11(16)10-9(14)8(13)6-4-5(12)2-3-7(6)15-10/h2-4H,1H3. The molecule has 0 unspecified atom stereocenters. The van der Waals surface area contributed by atoms with E-state index in [0.717, 1.165) is 4.47 Å². The maximum atomic E-state index is 11.5. The fourth-order valence-electron chi connectivity index (χ4n) is 1.41. The van der Waals surface area contributed by atoms with Crippen molar-refractivity contribution >= 4 is 56.0 Å². The predicted molar refractivity (Wildman–Crippen MR) is 70.8 cm³/mol. The maximum Gasteiger partial charge on any atom is 0.358 e. The number of carbonyl (C=O) groups excluding carboxylic acids is 1. The summed E-state index contributed by atoms with van der Waals surface area (Å²) < 4.78 is 5.45. The molecule has 0 aliphatic rings. The molecular formula is C11H6BrCl2NO2. The first kappa shape index (κ1) is 12.6. The Balaban J connectivity index is 2.79. The van der Waals surface area contributed by atoms with Gasteiger partial charge in [0.05, 0.1) is 22.7 Å². The molecule has 1 aromatic heterocycles. The van der Waals surface area contributed by atoms with Crippen molar-refractivity contribution in [3.8, 4) is 0 Å². The van der Waals surface area contributed by atoms with Crippen LogP contribution in [-0.4, -0.2) is 18.1 Å². The minimum atomic E-state index is -0.610. The Hall–Kier alpha value is -0.840. The van der Waals surface area contributed by atoms with Crippen LogP contribution in [0.1, 0.15) is 10.5 Å². The first-order valence-corrected chi connectivity index (χ1v) is 6.12. The number of methoxy groups -OCH3 is 1. The fourth-order valence-corrected chi connectivity index (χ4v) is 2.23. The maximum absolute atomic E-state index is 11.5. The summed E-state index contributed by atoms with van der Waals surface area (Å²) in [5.41, 5.74) is 0.608. The molecule has 0 bridgehead atoms. The second-order valence-electron chi connectivity index (χ2n) is 3.24. The lowest BCUT2D eigenvalue weighted by atomic mass is 10.2. The summed E-state index contributed by atoms with van der Waals surface area (Å²) >= 11 is 15.4. The van der Waals surface area contributed by atoms with Gasteiger partial charge in [0.1, 0.15) is 0 Å². The number of fused-ring (bicyclic) bond motifs is 1. The number of nitrogens with zero attached hydrogens (tertiary/aromatic N) is 1. The minimum absolute atomic E-state index is 0.0222. The largest absolute Gasteiger partial charge is 0.464 e. The Bertz CT molecular complexity index is 616. The average Bonchev–Trinajstić information content (AvgIpc) is 2.33. The highest BCUT2D eigenvalue weighted by Gasteiger charge is 2.18. The Morgan fingerprint density at radius 2 is 2.06 bits per heavy atom. The van der Waals surface area contributed by atoms with Crippen molar-refractivity contribution < 1.29 is 9.53 Å². The third kappa shape index (κ3) is 2.25. The van der Waals surface area contributed by atoms with Crippen molar-refractivity contribution in [1.29, 1.82) is 0 Å². The summed E-state index contributed by atoms with van der Waals surface area (Å²) in [6, 6.07) is 5.34. The van der Waals surface area contributed by atoms with E-state index in [1.54, 1.807) is 18.2 Å². The van der Waals surface area contributed by atoms with Crippen molar-refractivity contribution in [2.24, 2.45) is 0 Å². The number of hydrogen-bond donors (Lipinski definition) is 0. The molecule has 0 amide bonds. The molecule has 1 aromatic carbocycles. The molecule has 0 N–H and O–H groups in total. The van der Waals surface area contributed by atoms with E-state index in [9.17, 15) is 4.79 Å². The number of ether oxygens (including phenoxy) is 1. The molecule has 17 heavy (non-hydrogen) atoms. The van der Waals surface area contributed by atoms with Gasteiger partial charge in [0.15, 0.2) is 5.69 Å². The van der Waals surface area contributed by atoms with Crippen LogP contribution in [0, 0.1) is 0 Å². The van der Waals surface area contributed by atoms with Crippen LogP contribution in [0.2, 0.25) is 10.0 Å². The van der Waals surface area contributed by atoms with E-state index in [-0.39, 0.29) is 10.7 Å². The predicted octanol–water partition coefficient (Wildman–Crippen LogP) is 4.09. The van der Waals surface area contributed by atoms with Gasteiger partial charge in [-0.05, 0) is 18.2 Å². The fraction of sp³-hybridized carbons (Fsp3) is 0.0909. The van der Waals surface area contributed by atoms with Crippen LogP contribution in [0.25, 0.3) is 10.9 Å². The topological polar surface area (TPSA) is 39.2 Å². The molecule has 0 saturated heterocycles. The van der Waals surface area contributed by atoms with Crippen molar-refractivity contribution in [1.82, 2.24) is 4.98 Å². The van der Waals surface area contributed by atoms with Crippen LogP contribution in [-0.2, 0) is 4.74 Å². The van der Waals surface area contributed by atoms with Gasteiger partial charge in [-0.15, -0.1) is 0 Å². The van der Waals surface area contributed by atoms with Crippen molar-refractivity contribution in [2.75, 3.05) is 7.11 Å². The SMILES string of the molecule is COC(=O)c1nc2ccc(Br)cc2c(Cl)c1Cl. The molecule has 0 aliphatic heterocycles. The van der Waals surface area contributed by atoms with Crippen molar-refractivity contribution in [2.45, 2.75) is 0 Å². The van der Waals surface area contributed by atoms with Gasteiger partial charge in [-0.2, -0.15) is 0 Å². The molecule has 0 atom stereocenters. The smallest absolute Gasteiger partial charge is 0.358 e. The lowest BCUT2D eigenvalue weighted by molar-refractivity contribution is 0.0594. The third-order valence-corrected chi connectivity index (χ3v) is 3.56. The molecule has 0 radical (unpaired) electrons. The highest BCUT2D eigenvalue weighted by atomic mass is 79.9. The molecule has 6 heteroatoms. The van der Waals surface area contributed by atoms with Gasteiger partial charge in [-0.25, -0.2) is 9.78 Å². The molecule has 88 valence electrons. The van der Waals surface area contributed by atoms with Gasteiger partial charge in [0, 0.05) is 9.86 Å². The second-order valence-corrected chi connectivity index (χ2v) is 4.91. The van der Waals surface area contributed by atoms with Crippen LogP contribution < -0.4 is 0 Å². The molecule has 0 saturated carbocycles. The van der Waals surface area contributed by atoms with Crippen LogP contribution in [0.5, 0.6) is 0 Å². The zero-order chi connectivity index (χ0) is 12.6. The van der Waals surface area contributed by atoms with Crippen molar-refractivity contribution in [3.63, 3.8) is 0 Å². The Kier molecular flexibility index (Phi) is 3.56. The normalized spacial score (nSPS) is 10.6. The van der Waals surface area contributed by atoms with Gasteiger partial charge in [-0.3, -0.25) is 0 Å². The van der Waals surface area contributed by atoms with Gasteiger partial charge < -0.3 is 4.74 Å². The Labute approximate surface area is 116 Å². The molecule has 0 spiro atoms. The molecular weight excluding hydrogens is 329 g/mol. The molecule has 0 fully saturated rings. The number of esters is 1. The number of halogens is 3. The number of benzene rings is 1. The highest BCUT2D eigenvalue weighted by Crippen LogP contribution is 2.33. The minimum Gasteiger partial charge on any atom is -0.464 e. The summed E-state index contributed by atoms with van der Waals surface area (Å²) in [6.45, 7) is 0. The quantitative estimate of drug-likeness (QED) is 0.737. The van der Waals surface area contributed by atoms with E-state index in [1.165, 1.54) is 7.11 Å². The Morgan fingerprint density at radius 3 is 2.71 bits per heavy atom. The zero-order valence-corrected chi connectivity index (χ0v) is 11.7. The second kappa shape index (κ2) is 4.80. The first-order chi connectivity index (χ1) is 8.04. The van der Waals surface area contributed by atoms with E-state index in [1.807, 2.05) is 0 Å². The van der Waals surface area contributed by atoms with Gasteiger partial charge >= 0.3 is 5.97 Å². The van der Waals surface area contributed by atoms with Gasteiger partial charge in [0.2, 0.25) is 0 Å². The van der Waals surface area contributed by atoms with E-state index in [0.29, 0.717) is 15.9 Å². The molecule has 3 nitrogen and oxygen atoms in total. The number of pyridine rings is 1. The lowest BCUT2D eigenvalue weighted by Crippen LogP contribution is -2.05. The number of aromatic nitrogens is 1. The van der Waals surface area contributed by atoms with E-state index < -0.39 is 5.97 Å². The number of carbonyl (C=O) groups is 1. The monoisotopic (exact) mass is 333 g/mol. The van der Waals surface area contributed by atoms with Crippen LogP contribution >= 0.6 is 39.1 Å². The molecule has 1 heterocycles. The molecule has 2 aromatic rings. The number of rotatable bonds is 1. The Morgan fingerprint density at radius 1 is 1.35 bits per heavy atom. The first-order valence-electron chi connectivity index (χ1n) is 4.57. The summed E-state index contributed by atoms with van der Waals surface area (Å²) in [4.78, 5) is 15.6. The summed E-state index contributed by atoms with van der Waals surface area (Å²) in [7, 11) is 1.26. The number of hydrogen-bond acceptors (Lipinski definition) is 3. The van der Waals surface area contributed by atoms with Gasteiger partial charge in [0.25, 0.3) is 0 Å². The van der Waals surface area contributed by atoms with E-state index in [4.69, 9.17) is 23.2 Å². The van der Waals surface area contributed by atoms with E-state index >= 15 is 0 Å². The third-order valence-electron chi connectivity index (χ3n) is 2.21. The molecule has 2 rings (SSSR count). The van der Waals surface area contributed by atoms with Crippen molar-refractivity contribution in [3.05, 3.63) is 38.4 Å². The van der Waals surface area contributed by atoms with Crippen LogP contribution in [0.15, 0.2) is 22.7 Å². The zero-order valence-electron chi connectivity index (χ0n) is 8.63. The summed E-state index contributed by atoms with van der Waals surface area (Å²) in [6.07, 6.45) is 0. The summed E-state index contributed by atoms with van der Waals surface area (Å²) in [5.74, 6) is -0.610. The molecule has 0 aliphatic carbocycles. The van der Waals surface area contributed by atoms with Crippen LogP contribution in [0.4, 0.5) is 0 Å². The highest BCUT2D eigenvalue weighted by molar-refractivity contribution is 9.10. The van der Waals surface area contributed by atoms with Crippen LogP contribution in [0.3, 0.4) is 0 Å². The summed E-state index contributed by atoms with van der Waals surface area (Å²) in [5, 5.41) is 1.07. The average molecular weight is 335 g/mol.